The standard InChI is InChI=1S/C39H54N2O6/c1-25(22-29-18-20-38(2,3)39(29,4)5)47-37(46)35-30(27-12-8-6-9-13-27)19-21-41(35)36(45)34(28-14-10-7-11-15-28)40-33(44)24-26-16-17-31(42)32(43)23-26/h6,8-9,12-13,16-17,23,25,28-30,34-35,42-43H,7,10-11,14-15,18-22,24H2,1-5H3,(H,40,44). The average molecular weight is 647 g/mol. The number of rotatable bonds is 10. The second-order valence-corrected chi connectivity index (χ2v) is 15.5. The predicted molar refractivity (Wildman–Crippen MR) is 182 cm³/mol. The zero-order valence-electron chi connectivity index (χ0n) is 28.8. The van der Waals surface area contributed by atoms with Gasteiger partial charge in [-0.3, -0.25) is 9.59 Å². The summed E-state index contributed by atoms with van der Waals surface area (Å²) in [6.07, 6.45) is 8.06. The molecule has 3 aliphatic rings. The first-order chi connectivity index (χ1) is 22.3. The Hall–Kier alpha value is -3.55. The van der Waals surface area contributed by atoms with Gasteiger partial charge in [0, 0.05) is 12.5 Å². The van der Waals surface area contributed by atoms with Crippen LogP contribution in [0.5, 0.6) is 11.5 Å². The van der Waals surface area contributed by atoms with Gasteiger partial charge in [0.25, 0.3) is 0 Å². The van der Waals surface area contributed by atoms with Gasteiger partial charge in [-0.1, -0.05) is 83.4 Å². The maximum absolute atomic E-state index is 14.6. The van der Waals surface area contributed by atoms with Gasteiger partial charge in [0.05, 0.1) is 12.5 Å². The third-order valence-corrected chi connectivity index (χ3v) is 12.1. The smallest absolute Gasteiger partial charge is 0.329 e. The fraction of sp³-hybridized carbons (Fsp3) is 0.615. The van der Waals surface area contributed by atoms with Crippen molar-refractivity contribution in [3.63, 3.8) is 0 Å². The molecule has 2 aromatic carbocycles. The van der Waals surface area contributed by atoms with Crippen molar-refractivity contribution >= 4 is 17.8 Å². The largest absolute Gasteiger partial charge is 0.504 e. The van der Waals surface area contributed by atoms with E-state index in [0.29, 0.717) is 24.4 Å². The van der Waals surface area contributed by atoms with E-state index in [0.717, 1.165) is 56.9 Å². The number of carbonyl (C=O) groups excluding carboxylic acids is 3. The Morgan fingerprint density at radius 2 is 1.64 bits per heavy atom. The van der Waals surface area contributed by atoms with E-state index in [1.807, 2.05) is 37.3 Å². The SMILES string of the molecule is CC(CC1CCC(C)(C)C1(C)C)OC(=O)C1C(c2ccccc2)CCN1C(=O)C(NC(=O)Cc1ccc(O)c(O)c1)C1CCCCC1. The summed E-state index contributed by atoms with van der Waals surface area (Å²) in [5, 5.41) is 22.7. The van der Waals surface area contributed by atoms with Crippen molar-refractivity contribution in [2.24, 2.45) is 22.7 Å². The fourth-order valence-corrected chi connectivity index (χ4v) is 8.40. The topological polar surface area (TPSA) is 116 Å². The van der Waals surface area contributed by atoms with Crippen LogP contribution in [0.2, 0.25) is 0 Å². The first-order valence-electron chi connectivity index (χ1n) is 17.6. The van der Waals surface area contributed by atoms with Crippen LogP contribution in [-0.4, -0.2) is 57.6 Å². The molecule has 47 heavy (non-hydrogen) atoms. The molecule has 256 valence electrons. The molecule has 5 atom stereocenters. The van der Waals surface area contributed by atoms with Crippen LogP contribution in [-0.2, 0) is 25.5 Å². The van der Waals surface area contributed by atoms with E-state index in [-0.39, 0.29) is 64.5 Å². The number of phenolic OH excluding ortho intramolecular Hbond substituents is 2. The van der Waals surface area contributed by atoms with Gasteiger partial charge in [-0.15, -0.1) is 0 Å². The van der Waals surface area contributed by atoms with Crippen molar-refractivity contribution in [3.8, 4) is 11.5 Å². The number of esters is 1. The zero-order valence-corrected chi connectivity index (χ0v) is 28.8. The zero-order chi connectivity index (χ0) is 33.9. The fourth-order valence-electron chi connectivity index (χ4n) is 8.40. The Morgan fingerprint density at radius 3 is 2.28 bits per heavy atom. The number of amides is 2. The number of likely N-dealkylation sites (tertiary alicyclic amines) is 1. The highest BCUT2D eigenvalue weighted by atomic mass is 16.5. The molecule has 0 radical (unpaired) electrons. The highest BCUT2D eigenvalue weighted by molar-refractivity contribution is 5.92. The summed E-state index contributed by atoms with van der Waals surface area (Å²) >= 11 is 0. The third-order valence-electron chi connectivity index (χ3n) is 12.1. The minimum absolute atomic E-state index is 0.0345. The van der Waals surface area contributed by atoms with Crippen molar-refractivity contribution < 1.29 is 29.3 Å². The summed E-state index contributed by atoms with van der Waals surface area (Å²) in [5.74, 6) is -1.30. The minimum atomic E-state index is -0.780. The number of phenols is 2. The Labute approximate surface area is 280 Å². The molecular weight excluding hydrogens is 592 g/mol. The van der Waals surface area contributed by atoms with Crippen LogP contribution in [0.1, 0.15) is 109 Å². The van der Waals surface area contributed by atoms with E-state index in [9.17, 15) is 24.6 Å². The molecule has 0 aromatic heterocycles. The van der Waals surface area contributed by atoms with E-state index in [2.05, 4.69) is 33.0 Å². The number of benzene rings is 2. The molecule has 2 aliphatic carbocycles. The molecule has 1 heterocycles. The summed E-state index contributed by atoms with van der Waals surface area (Å²) < 4.78 is 6.23. The lowest BCUT2D eigenvalue weighted by atomic mass is 9.66. The molecule has 5 rings (SSSR count). The van der Waals surface area contributed by atoms with Gasteiger partial charge < -0.3 is 25.2 Å². The third kappa shape index (κ3) is 7.62. The lowest BCUT2D eigenvalue weighted by Crippen LogP contribution is -2.56. The monoisotopic (exact) mass is 646 g/mol. The summed E-state index contributed by atoms with van der Waals surface area (Å²) in [4.78, 5) is 43.8. The number of carbonyl (C=O) groups is 3. The van der Waals surface area contributed by atoms with Crippen LogP contribution in [0.4, 0.5) is 0 Å². The maximum Gasteiger partial charge on any atom is 0.329 e. The summed E-state index contributed by atoms with van der Waals surface area (Å²) in [7, 11) is 0. The number of aromatic hydroxyl groups is 2. The summed E-state index contributed by atoms with van der Waals surface area (Å²) in [6, 6.07) is 12.6. The quantitative estimate of drug-likeness (QED) is 0.192. The number of nitrogens with zero attached hydrogens (tertiary/aromatic N) is 1. The Bertz CT molecular complexity index is 1420. The van der Waals surface area contributed by atoms with Crippen LogP contribution in [0.3, 0.4) is 0 Å². The van der Waals surface area contributed by atoms with Crippen molar-refractivity contribution in [1.29, 1.82) is 0 Å². The first-order valence-corrected chi connectivity index (χ1v) is 17.6. The molecule has 2 amide bonds. The van der Waals surface area contributed by atoms with Crippen LogP contribution in [0.15, 0.2) is 48.5 Å². The van der Waals surface area contributed by atoms with Crippen molar-refractivity contribution in [2.75, 3.05) is 6.54 Å². The van der Waals surface area contributed by atoms with Crippen molar-refractivity contribution in [2.45, 2.75) is 123 Å². The average Bonchev–Trinajstić information content (AvgIpc) is 3.57. The van der Waals surface area contributed by atoms with Gasteiger partial charge >= 0.3 is 5.97 Å². The Kier molecular flexibility index (Phi) is 10.6. The van der Waals surface area contributed by atoms with E-state index in [4.69, 9.17) is 4.74 Å². The Balaban J connectivity index is 1.37. The van der Waals surface area contributed by atoms with Gasteiger partial charge in [-0.05, 0) is 91.4 Å². The van der Waals surface area contributed by atoms with Crippen molar-refractivity contribution in [3.05, 3.63) is 59.7 Å². The molecule has 0 bridgehead atoms. The number of hydrogen-bond acceptors (Lipinski definition) is 6. The Morgan fingerprint density at radius 1 is 0.936 bits per heavy atom. The molecule has 5 unspecified atom stereocenters. The second-order valence-electron chi connectivity index (χ2n) is 15.5. The molecule has 2 aromatic rings. The lowest BCUT2D eigenvalue weighted by Gasteiger charge is -2.40. The van der Waals surface area contributed by atoms with Crippen molar-refractivity contribution in [1.82, 2.24) is 10.2 Å². The minimum Gasteiger partial charge on any atom is -0.504 e. The number of nitrogens with one attached hydrogen (secondary N) is 1. The molecule has 3 fully saturated rings. The van der Waals surface area contributed by atoms with E-state index in [1.165, 1.54) is 12.1 Å². The summed E-state index contributed by atoms with van der Waals surface area (Å²) in [6.45, 7) is 11.7. The van der Waals surface area contributed by atoms with E-state index < -0.39 is 12.1 Å². The molecule has 0 spiro atoms. The molecule has 1 aliphatic heterocycles. The molecule has 3 N–H and O–H groups in total. The van der Waals surface area contributed by atoms with Gasteiger partial charge in [-0.2, -0.15) is 0 Å². The van der Waals surface area contributed by atoms with Crippen LogP contribution >= 0.6 is 0 Å². The molecule has 1 saturated heterocycles. The summed E-state index contributed by atoms with van der Waals surface area (Å²) in [5.41, 5.74) is 1.87. The molecule has 2 saturated carbocycles. The van der Waals surface area contributed by atoms with Gasteiger partial charge in [0.2, 0.25) is 11.8 Å². The number of hydrogen-bond donors (Lipinski definition) is 3. The van der Waals surface area contributed by atoms with Crippen LogP contribution < -0.4 is 5.32 Å². The first kappa shape index (κ1) is 34.8. The van der Waals surface area contributed by atoms with Crippen LogP contribution in [0.25, 0.3) is 0 Å². The van der Waals surface area contributed by atoms with E-state index in [1.54, 1.807) is 11.0 Å². The lowest BCUT2D eigenvalue weighted by molar-refractivity contribution is -0.160. The van der Waals surface area contributed by atoms with E-state index >= 15 is 0 Å². The molecular formula is C39H54N2O6. The van der Waals surface area contributed by atoms with Gasteiger partial charge in [0.15, 0.2) is 11.5 Å². The highest BCUT2D eigenvalue weighted by Crippen LogP contribution is 2.57. The normalized spacial score (nSPS) is 25.2. The molecule has 8 nitrogen and oxygen atoms in total. The predicted octanol–water partition coefficient (Wildman–Crippen LogP) is 6.87. The number of ether oxygens (including phenoxy) is 1. The highest BCUT2D eigenvalue weighted by Gasteiger charge is 2.50. The second kappa shape index (κ2) is 14.3. The van der Waals surface area contributed by atoms with Gasteiger partial charge in [-0.25, -0.2) is 4.79 Å². The van der Waals surface area contributed by atoms with Crippen LogP contribution in [0, 0.1) is 22.7 Å². The maximum atomic E-state index is 14.6. The van der Waals surface area contributed by atoms with Gasteiger partial charge in [0.1, 0.15) is 12.1 Å². The molecule has 8 heteroatoms.